The first-order chi connectivity index (χ1) is 12.0. The second kappa shape index (κ2) is 7.48. The van der Waals surface area contributed by atoms with Crippen molar-refractivity contribution in [1.82, 2.24) is 24.5 Å². The summed E-state index contributed by atoms with van der Waals surface area (Å²) in [6.07, 6.45) is 5.67. The summed E-state index contributed by atoms with van der Waals surface area (Å²) in [6, 6.07) is 10.4. The quantitative estimate of drug-likeness (QED) is 0.714. The highest BCUT2D eigenvalue weighted by Gasteiger charge is 2.09. The van der Waals surface area contributed by atoms with Gasteiger partial charge in [-0.25, -0.2) is 0 Å². The van der Waals surface area contributed by atoms with Gasteiger partial charge in [-0.05, 0) is 30.8 Å². The van der Waals surface area contributed by atoms with Crippen LogP contribution < -0.4 is 5.32 Å². The smallest absolute Gasteiger partial charge is 0.173 e. The van der Waals surface area contributed by atoms with Crippen molar-refractivity contribution in [2.75, 3.05) is 12.4 Å². The molecule has 6 nitrogen and oxygen atoms in total. The minimum absolute atomic E-state index is 0.639. The Labute approximate surface area is 153 Å². The van der Waals surface area contributed by atoms with Crippen molar-refractivity contribution in [3.8, 4) is 0 Å². The van der Waals surface area contributed by atoms with Crippen LogP contribution in [0.4, 0.5) is 5.69 Å². The van der Waals surface area contributed by atoms with Gasteiger partial charge < -0.3 is 10.2 Å². The van der Waals surface area contributed by atoms with E-state index in [0.717, 1.165) is 17.9 Å². The van der Waals surface area contributed by atoms with E-state index < -0.39 is 0 Å². The SMILES string of the molecule is Cc1ccc(Cn2cc(NC(=S)N(C)Cc3ccn(C)n3)cn2)cc1. The molecule has 0 amide bonds. The molecule has 7 heteroatoms. The fourth-order valence-electron chi connectivity index (χ4n) is 2.48. The number of hydrogen-bond donors (Lipinski definition) is 1. The molecule has 3 aromatic rings. The van der Waals surface area contributed by atoms with Crippen molar-refractivity contribution in [2.24, 2.45) is 7.05 Å². The molecule has 0 aliphatic carbocycles. The van der Waals surface area contributed by atoms with E-state index in [4.69, 9.17) is 12.2 Å². The summed E-state index contributed by atoms with van der Waals surface area (Å²) < 4.78 is 3.68. The van der Waals surface area contributed by atoms with Crippen LogP contribution in [0.1, 0.15) is 16.8 Å². The molecule has 0 atom stereocenters. The first-order valence-corrected chi connectivity index (χ1v) is 8.49. The zero-order valence-corrected chi connectivity index (χ0v) is 15.5. The van der Waals surface area contributed by atoms with Gasteiger partial charge >= 0.3 is 0 Å². The second-order valence-electron chi connectivity index (χ2n) is 6.18. The molecule has 3 rings (SSSR count). The van der Waals surface area contributed by atoms with Crippen LogP contribution in [0.15, 0.2) is 48.9 Å². The van der Waals surface area contributed by atoms with E-state index in [1.165, 1.54) is 11.1 Å². The second-order valence-corrected chi connectivity index (χ2v) is 6.57. The Bertz CT molecular complexity index is 849. The van der Waals surface area contributed by atoms with E-state index in [1.807, 2.05) is 42.1 Å². The number of nitrogens with one attached hydrogen (secondary N) is 1. The minimum Gasteiger partial charge on any atom is -0.346 e. The lowest BCUT2D eigenvalue weighted by Crippen LogP contribution is -2.30. The van der Waals surface area contributed by atoms with E-state index in [1.54, 1.807) is 10.9 Å². The zero-order valence-electron chi connectivity index (χ0n) is 14.7. The Morgan fingerprint density at radius 1 is 1.24 bits per heavy atom. The van der Waals surface area contributed by atoms with Gasteiger partial charge in [0.25, 0.3) is 0 Å². The Balaban J connectivity index is 1.56. The van der Waals surface area contributed by atoms with Crippen molar-refractivity contribution in [1.29, 1.82) is 0 Å². The number of nitrogens with zero attached hydrogens (tertiary/aromatic N) is 5. The van der Waals surface area contributed by atoms with Crippen LogP contribution in [-0.2, 0) is 20.1 Å². The van der Waals surface area contributed by atoms with E-state index in [0.29, 0.717) is 11.7 Å². The summed E-state index contributed by atoms with van der Waals surface area (Å²) in [4.78, 5) is 1.95. The molecule has 25 heavy (non-hydrogen) atoms. The predicted molar refractivity (Wildman–Crippen MR) is 103 cm³/mol. The molecule has 0 fully saturated rings. The molecule has 0 saturated carbocycles. The fourth-order valence-corrected chi connectivity index (χ4v) is 2.66. The molecule has 0 bridgehead atoms. The lowest BCUT2D eigenvalue weighted by Gasteiger charge is -2.19. The number of anilines is 1. The lowest BCUT2D eigenvalue weighted by atomic mass is 10.1. The van der Waals surface area contributed by atoms with Gasteiger partial charge in [-0.15, -0.1) is 0 Å². The molecule has 0 aliphatic heterocycles. The molecule has 2 aromatic heterocycles. The standard InChI is InChI=1S/C18H22N6S/c1-14-4-6-15(7-5-14)11-24-13-17(10-19-24)20-18(25)22(2)12-16-8-9-23(3)21-16/h4-10,13H,11-12H2,1-3H3,(H,20,25). The van der Waals surface area contributed by atoms with Gasteiger partial charge in [-0.3, -0.25) is 9.36 Å². The van der Waals surface area contributed by atoms with Crippen LogP contribution in [0.2, 0.25) is 0 Å². The monoisotopic (exact) mass is 354 g/mol. The predicted octanol–water partition coefficient (Wildman–Crippen LogP) is 2.80. The van der Waals surface area contributed by atoms with E-state index in [-0.39, 0.29) is 0 Å². The fraction of sp³-hybridized carbons (Fsp3) is 0.278. The molecule has 0 radical (unpaired) electrons. The number of rotatable bonds is 5. The molecule has 1 aromatic carbocycles. The first kappa shape index (κ1) is 17.2. The first-order valence-electron chi connectivity index (χ1n) is 8.08. The van der Waals surface area contributed by atoms with Crippen LogP contribution in [0.3, 0.4) is 0 Å². The van der Waals surface area contributed by atoms with E-state index in [9.17, 15) is 0 Å². The molecule has 130 valence electrons. The Hall–Kier alpha value is -2.67. The van der Waals surface area contributed by atoms with Crippen molar-refractivity contribution in [2.45, 2.75) is 20.0 Å². The minimum atomic E-state index is 0.639. The molecular weight excluding hydrogens is 332 g/mol. The molecular formula is C18H22N6S. The third kappa shape index (κ3) is 4.67. The average molecular weight is 354 g/mol. The Morgan fingerprint density at radius 3 is 2.68 bits per heavy atom. The topological polar surface area (TPSA) is 50.9 Å². The molecule has 0 unspecified atom stereocenters. The molecule has 0 aliphatic rings. The van der Waals surface area contributed by atoms with Crippen molar-refractivity contribution >= 4 is 23.0 Å². The highest BCUT2D eigenvalue weighted by molar-refractivity contribution is 7.80. The third-order valence-corrected chi connectivity index (χ3v) is 4.28. The summed E-state index contributed by atoms with van der Waals surface area (Å²) >= 11 is 5.46. The highest BCUT2D eigenvalue weighted by Crippen LogP contribution is 2.10. The van der Waals surface area contributed by atoms with Crippen molar-refractivity contribution in [3.05, 3.63) is 65.7 Å². The lowest BCUT2D eigenvalue weighted by molar-refractivity contribution is 0.495. The van der Waals surface area contributed by atoms with Gasteiger partial charge in [0.15, 0.2) is 5.11 Å². The van der Waals surface area contributed by atoms with Gasteiger partial charge in [0.2, 0.25) is 0 Å². The van der Waals surface area contributed by atoms with E-state index in [2.05, 4.69) is 46.7 Å². The van der Waals surface area contributed by atoms with Gasteiger partial charge in [0, 0.05) is 26.5 Å². The maximum Gasteiger partial charge on any atom is 0.173 e. The largest absolute Gasteiger partial charge is 0.346 e. The summed E-state index contributed by atoms with van der Waals surface area (Å²) in [5, 5.41) is 12.6. The Morgan fingerprint density at radius 2 is 2.00 bits per heavy atom. The van der Waals surface area contributed by atoms with Gasteiger partial charge in [-0.1, -0.05) is 29.8 Å². The van der Waals surface area contributed by atoms with Gasteiger partial charge in [0.05, 0.1) is 30.7 Å². The molecule has 0 spiro atoms. The zero-order chi connectivity index (χ0) is 17.8. The normalized spacial score (nSPS) is 10.7. The third-order valence-electron chi connectivity index (χ3n) is 3.86. The summed E-state index contributed by atoms with van der Waals surface area (Å²) in [6.45, 7) is 3.48. The van der Waals surface area contributed by atoms with Crippen LogP contribution in [0.5, 0.6) is 0 Å². The van der Waals surface area contributed by atoms with Crippen molar-refractivity contribution in [3.63, 3.8) is 0 Å². The maximum atomic E-state index is 5.46. The summed E-state index contributed by atoms with van der Waals surface area (Å²) in [5.74, 6) is 0. The molecule has 2 heterocycles. The molecule has 0 saturated heterocycles. The number of aryl methyl sites for hydroxylation is 2. The number of thiocarbonyl (C=S) groups is 1. The van der Waals surface area contributed by atoms with Gasteiger partial charge in [0.1, 0.15) is 0 Å². The highest BCUT2D eigenvalue weighted by atomic mass is 32.1. The van der Waals surface area contributed by atoms with Gasteiger partial charge in [-0.2, -0.15) is 10.2 Å². The van der Waals surface area contributed by atoms with Crippen LogP contribution in [-0.4, -0.2) is 36.6 Å². The maximum absolute atomic E-state index is 5.46. The average Bonchev–Trinajstić information content (AvgIpc) is 3.18. The number of aromatic nitrogens is 4. The summed E-state index contributed by atoms with van der Waals surface area (Å²) in [7, 11) is 3.85. The number of benzene rings is 1. The Kier molecular flexibility index (Phi) is 5.14. The number of hydrogen-bond acceptors (Lipinski definition) is 3. The summed E-state index contributed by atoms with van der Waals surface area (Å²) in [5.41, 5.74) is 4.33. The van der Waals surface area contributed by atoms with Crippen LogP contribution in [0.25, 0.3) is 0 Å². The van der Waals surface area contributed by atoms with Crippen LogP contribution in [0, 0.1) is 6.92 Å². The van der Waals surface area contributed by atoms with Crippen LogP contribution >= 0.6 is 12.2 Å². The van der Waals surface area contributed by atoms with Crippen molar-refractivity contribution < 1.29 is 0 Å². The molecule has 1 N–H and O–H groups in total. The van der Waals surface area contributed by atoms with E-state index >= 15 is 0 Å².